The van der Waals surface area contributed by atoms with Crippen molar-refractivity contribution in [3.63, 3.8) is 0 Å². The zero-order valence-corrected chi connectivity index (χ0v) is 11.6. The lowest BCUT2D eigenvalue weighted by atomic mass is 10.1. The molecule has 0 radical (unpaired) electrons. The number of nitrogens with two attached hydrogens (primary N) is 1. The van der Waals surface area contributed by atoms with E-state index >= 15 is 0 Å². The molecule has 0 spiro atoms. The topological polar surface area (TPSA) is 87.0 Å². The van der Waals surface area contributed by atoms with E-state index in [1.54, 1.807) is 6.07 Å². The predicted molar refractivity (Wildman–Crippen MR) is 76.6 cm³/mol. The number of methoxy groups -OCH3 is 1. The van der Waals surface area contributed by atoms with Gasteiger partial charge in [-0.05, 0) is 17.7 Å². The second kappa shape index (κ2) is 7.14. The standard InChI is InChI=1S/C15H16N2O4/c1-19-15(18)13-8-7-12(21-13)10-20-17-14(16)9-11-5-3-2-4-6-11/h2-8H,9-10H2,1H3,(H2,16,17). The summed E-state index contributed by atoms with van der Waals surface area (Å²) in [5.74, 6) is 0.415. The number of nitrogens with zero attached hydrogens (tertiary/aromatic N) is 1. The normalized spacial score (nSPS) is 11.2. The molecular weight excluding hydrogens is 272 g/mol. The minimum Gasteiger partial charge on any atom is -0.463 e. The van der Waals surface area contributed by atoms with Crippen LogP contribution < -0.4 is 5.73 Å². The van der Waals surface area contributed by atoms with Crippen molar-refractivity contribution >= 4 is 11.8 Å². The Morgan fingerprint density at radius 1 is 1.24 bits per heavy atom. The number of esters is 1. The molecule has 2 rings (SSSR count). The maximum Gasteiger partial charge on any atom is 0.373 e. The number of benzene rings is 1. The highest BCUT2D eigenvalue weighted by molar-refractivity contribution is 5.86. The number of carbonyl (C=O) groups is 1. The summed E-state index contributed by atoms with van der Waals surface area (Å²) >= 11 is 0. The van der Waals surface area contributed by atoms with Crippen LogP contribution in [0.5, 0.6) is 0 Å². The summed E-state index contributed by atoms with van der Waals surface area (Å²) in [6.07, 6.45) is 0.506. The Morgan fingerprint density at radius 3 is 2.71 bits per heavy atom. The molecule has 0 aliphatic rings. The van der Waals surface area contributed by atoms with Gasteiger partial charge >= 0.3 is 5.97 Å². The second-order valence-electron chi connectivity index (χ2n) is 4.28. The van der Waals surface area contributed by atoms with Crippen LogP contribution in [0.2, 0.25) is 0 Å². The van der Waals surface area contributed by atoms with Crippen molar-refractivity contribution in [2.75, 3.05) is 7.11 Å². The molecule has 0 aliphatic heterocycles. The molecule has 1 heterocycles. The van der Waals surface area contributed by atoms with E-state index in [2.05, 4.69) is 9.89 Å². The van der Waals surface area contributed by atoms with Gasteiger partial charge in [0.2, 0.25) is 5.76 Å². The Labute approximate surface area is 122 Å². The molecule has 1 aromatic heterocycles. The molecule has 0 atom stereocenters. The van der Waals surface area contributed by atoms with Crippen LogP contribution >= 0.6 is 0 Å². The van der Waals surface area contributed by atoms with Crippen LogP contribution in [0.4, 0.5) is 0 Å². The summed E-state index contributed by atoms with van der Waals surface area (Å²) in [6.45, 7) is 0.0898. The number of oxime groups is 1. The third kappa shape index (κ3) is 4.38. The van der Waals surface area contributed by atoms with Crippen LogP contribution in [0.1, 0.15) is 21.9 Å². The second-order valence-corrected chi connectivity index (χ2v) is 4.28. The molecule has 0 unspecified atom stereocenters. The van der Waals surface area contributed by atoms with Gasteiger partial charge in [0, 0.05) is 6.42 Å². The van der Waals surface area contributed by atoms with Crippen molar-refractivity contribution in [1.82, 2.24) is 0 Å². The van der Waals surface area contributed by atoms with Crippen LogP contribution in [-0.4, -0.2) is 18.9 Å². The molecule has 0 amide bonds. The molecule has 0 fully saturated rings. The minimum atomic E-state index is -0.534. The van der Waals surface area contributed by atoms with Gasteiger partial charge in [0.05, 0.1) is 7.11 Å². The molecule has 6 heteroatoms. The average Bonchev–Trinajstić information content (AvgIpc) is 2.96. The molecule has 6 nitrogen and oxygen atoms in total. The maximum atomic E-state index is 11.2. The zero-order valence-electron chi connectivity index (χ0n) is 11.6. The average molecular weight is 288 g/mol. The first-order chi connectivity index (χ1) is 10.2. The molecule has 0 saturated heterocycles. The number of carbonyl (C=O) groups excluding carboxylic acids is 1. The van der Waals surface area contributed by atoms with E-state index in [0.717, 1.165) is 5.56 Å². The molecule has 2 aromatic rings. The lowest BCUT2D eigenvalue weighted by Gasteiger charge is -2.01. The van der Waals surface area contributed by atoms with Crippen molar-refractivity contribution in [2.45, 2.75) is 13.0 Å². The molecule has 21 heavy (non-hydrogen) atoms. The molecule has 1 aromatic carbocycles. The number of furan rings is 1. The Balaban J connectivity index is 1.84. The first-order valence-electron chi connectivity index (χ1n) is 6.34. The summed E-state index contributed by atoms with van der Waals surface area (Å²) in [6, 6.07) is 12.8. The van der Waals surface area contributed by atoms with Gasteiger partial charge in [0.1, 0.15) is 11.6 Å². The molecular formula is C15H16N2O4. The zero-order chi connectivity index (χ0) is 15.1. The Kier molecular flexibility index (Phi) is 4.98. The van der Waals surface area contributed by atoms with Crippen molar-refractivity contribution in [1.29, 1.82) is 0 Å². The van der Waals surface area contributed by atoms with Crippen molar-refractivity contribution < 1.29 is 18.8 Å². The van der Waals surface area contributed by atoms with Crippen molar-refractivity contribution in [3.05, 3.63) is 59.5 Å². The van der Waals surface area contributed by atoms with E-state index in [1.807, 2.05) is 30.3 Å². The first-order valence-corrected chi connectivity index (χ1v) is 6.34. The number of amidine groups is 1. The highest BCUT2D eigenvalue weighted by Gasteiger charge is 2.11. The highest BCUT2D eigenvalue weighted by Crippen LogP contribution is 2.10. The third-order valence-corrected chi connectivity index (χ3v) is 2.66. The summed E-state index contributed by atoms with van der Waals surface area (Å²) in [5.41, 5.74) is 6.81. The number of hydrogen-bond donors (Lipinski definition) is 1. The number of rotatable bonds is 6. The molecule has 0 bridgehead atoms. The number of ether oxygens (including phenoxy) is 1. The molecule has 0 aliphatic carbocycles. The quantitative estimate of drug-likeness (QED) is 0.380. The van der Waals surface area contributed by atoms with E-state index in [4.69, 9.17) is 15.0 Å². The van der Waals surface area contributed by atoms with E-state index in [-0.39, 0.29) is 12.4 Å². The largest absolute Gasteiger partial charge is 0.463 e. The third-order valence-electron chi connectivity index (χ3n) is 2.66. The van der Waals surface area contributed by atoms with Gasteiger partial charge in [-0.2, -0.15) is 0 Å². The fourth-order valence-electron chi connectivity index (χ4n) is 1.68. The van der Waals surface area contributed by atoms with E-state index in [1.165, 1.54) is 13.2 Å². The van der Waals surface area contributed by atoms with Gasteiger partial charge in [-0.1, -0.05) is 35.5 Å². The predicted octanol–water partition coefficient (Wildman–Crippen LogP) is 2.10. The minimum absolute atomic E-state index is 0.0898. The van der Waals surface area contributed by atoms with Crippen LogP contribution in [0.3, 0.4) is 0 Å². The first kappa shape index (κ1) is 14.6. The Hall–Kier alpha value is -2.76. The van der Waals surface area contributed by atoms with Crippen molar-refractivity contribution in [3.8, 4) is 0 Å². The monoisotopic (exact) mass is 288 g/mol. The van der Waals surface area contributed by atoms with Gasteiger partial charge < -0.3 is 19.7 Å². The Morgan fingerprint density at radius 2 is 2.00 bits per heavy atom. The lowest BCUT2D eigenvalue weighted by molar-refractivity contribution is 0.0553. The van der Waals surface area contributed by atoms with E-state index in [0.29, 0.717) is 18.0 Å². The van der Waals surface area contributed by atoms with Gasteiger partial charge in [-0.25, -0.2) is 4.79 Å². The lowest BCUT2D eigenvalue weighted by Crippen LogP contribution is -2.15. The summed E-state index contributed by atoms with van der Waals surface area (Å²) in [7, 11) is 1.29. The summed E-state index contributed by atoms with van der Waals surface area (Å²) in [4.78, 5) is 16.3. The fourth-order valence-corrected chi connectivity index (χ4v) is 1.68. The highest BCUT2D eigenvalue weighted by atomic mass is 16.6. The van der Waals surface area contributed by atoms with E-state index in [9.17, 15) is 4.79 Å². The van der Waals surface area contributed by atoms with E-state index < -0.39 is 5.97 Å². The summed E-state index contributed by atoms with van der Waals surface area (Å²) < 4.78 is 9.76. The maximum absolute atomic E-state index is 11.2. The van der Waals surface area contributed by atoms with Gasteiger partial charge in [-0.15, -0.1) is 0 Å². The summed E-state index contributed by atoms with van der Waals surface area (Å²) in [5, 5.41) is 3.81. The van der Waals surface area contributed by atoms with Gasteiger partial charge in [0.25, 0.3) is 0 Å². The van der Waals surface area contributed by atoms with Crippen LogP contribution in [0, 0.1) is 0 Å². The number of hydrogen-bond acceptors (Lipinski definition) is 5. The SMILES string of the molecule is COC(=O)c1ccc(CO/N=C(/N)Cc2ccccc2)o1. The molecule has 110 valence electrons. The van der Waals surface area contributed by atoms with Crippen LogP contribution in [0.25, 0.3) is 0 Å². The smallest absolute Gasteiger partial charge is 0.373 e. The van der Waals surface area contributed by atoms with Crippen LogP contribution in [0.15, 0.2) is 52.0 Å². The molecule has 2 N–H and O–H groups in total. The van der Waals surface area contributed by atoms with Gasteiger partial charge in [-0.3, -0.25) is 0 Å². The van der Waals surface area contributed by atoms with Crippen molar-refractivity contribution in [2.24, 2.45) is 10.9 Å². The van der Waals surface area contributed by atoms with Crippen LogP contribution in [-0.2, 0) is 22.6 Å². The van der Waals surface area contributed by atoms with Gasteiger partial charge in [0.15, 0.2) is 6.61 Å². The molecule has 0 saturated carbocycles. The fraction of sp³-hybridized carbons (Fsp3) is 0.200. The Bertz CT molecular complexity index is 620.